The second kappa shape index (κ2) is 4.44. The number of aliphatic hydroxyl groups excluding tert-OH is 1. The number of ketones is 1. The molecular weight excluding hydrogens is 260 g/mol. The Bertz CT molecular complexity index is 484. The van der Waals surface area contributed by atoms with Crippen molar-refractivity contribution in [3.63, 3.8) is 0 Å². The van der Waals surface area contributed by atoms with E-state index >= 15 is 0 Å². The lowest BCUT2D eigenvalue weighted by molar-refractivity contribution is -0.137. The van der Waals surface area contributed by atoms with Crippen LogP contribution in [-0.4, -0.2) is 17.0 Å². The van der Waals surface area contributed by atoms with Crippen LogP contribution in [0.3, 0.4) is 0 Å². The highest BCUT2D eigenvalue weighted by atomic mass is 16.3. The fraction of sp³-hybridized carbons (Fsp3) is 0.842. The fourth-order valence-electron chi connectivity index (χ4n) is 6.36. The average Bonchev–Trinajstić information content (AvgIpc) is 2.79. The van der Waals surface area contributed by atoms with E-state index < -0.39 is 6.10 Å². The number of hydrogen-bond acceptors (Lipinski definition) is 2. The van der Waals surface area contributed by atoms with Gasteiger partial charge in [-0.1, -0.05) is 33.8 Å². The molecule has 7 atom stereocenters. The predicted molar refractivity (Wildman–Crippen MR) is 84.8 cm³/mol. The molecule has 3 saturated carbocycles. The number of carbonyl (C=O) groups excluding carboxylic acids is 1. The van der Waals surface area contributed by atoms with Gasteiger partial charge in [0, 0.05) is 17.8 Å². The van der Waals surface area contributed by atoms with E-state index in [0.29, 0.717) is 11.7 Å². The summed E-state index contributed by atoms with van der Waals surface area (Å²) >= 11 is 0. The van der Waals surface area contributed by atoms with Crippen LogP contribution in [0.1, 0.15) is 59.8 Å². The van der Waals surface area contributed by atoms with Crippen LogP contribution in [0.5, 0.6) is 0 Å². The van der Waals surface area contributed by atoms with Crippen LogP contribution >= 0.6 is 0 Å². The summed E-state index contributed by atoms with van der Waals surface area (Å²) in [6, 6.07) is 0. The van der Waals surface area contributed by atoms with Gasteiger partial charge in [-0.25, -0.2) is 0 Å². The van der Waals surface area contributed by atoms with Gasteiger partial charge in [0.25, 0.3) is 0 Å². The normalized spacial score (nSPS) is 56.7. The standard InChI is InChI=1S/C19H30O2/c1-6-17(4)11-18(5)12(2)7-9-19(13(3)16(17)21)10-8-14(20)15(18)19/h6,12-13,15-16,21H,1,7-11H2,2-5H3/t12?,13-,15?,16?,17+,18+,19?/m0/s1. The third-order valence-electron chi connectivity index (χ3n) is 7.85. The van der Waals surface area contributed by atoms with E-state index in [2.05, 4.69) is 34.3 Å². The zero-order valence-electron chi connectivity index (χ0n) is 14.0. The van der Waals surface area contributed by atoms with Gasteiger partial charge in [-0.05, 0) is 48.3 Å². The molecule has 118 valence electrons. The minimum Gasteiger partial charge on any atom is -0.392 e. The maximum atomic E-state index is 12.8. The van der Waals surface area contributed by atoms with Gasteiger partial charge in [0.1, 0.15) is 5.78 Å². The van der Waals surface area contributed by atoms with Crippen LogP contribution < -0.4 is 0 Å². The van der Waals surface area contributed by atoms with E-state index in [-0.39, 0.29) is 28.1 Å². The highest BCUT2D eigenvalue weighted by molar-refractivity contribution is 5.85. The Morgan fingerprint density at radius 3 is 2.57 bits per heavy atom. The molecule has 0 aliphatic heterocycles. The molecule has 0 aromatic carbocycles. The first-order chi connectivity index (χ1) is 9.71. The lowest BCUT2D eigenvalue weighted by atomic mass is 9.50. The summed E-state index contributed by atoms with van der Waals surface area (Å²) in [6.45, 7) is 13.0. The second-order valence-corrected chi connectivity index (χ2v) is 8.70. The van der Waals surface area contributed by atoms with Crippen molar-refractivity contribution in [3.8, 4) is 0 Å². The minimum absolute atomic E-state index is 0.000509. The molecule has 0 amide bonds. The molecule has 3 aliphatic rings. The van der Waals surface area contributed by atoms with E-state index in [4.69, 9.17) is 0 Å². The van der Waals surface area contributed by atoms with Crippen LogP contribution in [0.15, 0.2) is 12.7 Å². The Hall–Kier alpha value is -0.630. The molecule has 0 aromatic rings. The molecule has 3 rings (SSSR count). The fourth-order valence-corrected chi connectivity index (χ4v) is 6.36. The van der Waals surface area contributed by atoms with Crippen molar-refractivity contribution in [2.45, 2.75) is 65.9 Å². The summed E-state index contributed by atoms with van der Waals surface area (Å²) in [5, 5.41) is 11.1. The van der Waals surface area contributed by atoms with Crippen molar-refractivity contribution >= 4 is 5.78 Å². The van der Waals surface area contributed by atoms with E-state index in [9.17, 15) is 9.90 Å². The van der Waals surface area contributed by atoms with E-state index in [0.717, 1.165) is 25.7 Å². The molecule has 0 saturated heterocycles. The average molecular weight is 290 g/mol. The Kier molecular flexibility index (Phi) is 3.23. The Labute approximate surface area is 129 Å². The lowest BCUT2D eigenvalue weighted by Gasteiger charge is -2.54. The molecule has 3 fully saturated rings. The lowest BCUT2D eigenvalue weighted by Crippen LogP contribution is -2.50. The number of hydrogen-bond donors (Lipinski definition) is 1. The Morgan fingerprint density at radius 2 is 1.95 bits per heavy atom. The Balaban J connectivity index is 2.21. The summed E-state index contributed by atoms with van der Waals surface area (Å²) in [7, 11) is 0. The molecule has 0 heterocycles. The largest absolute Gasteiger partial charge is 0.392 e. The van der Waals surface area contributed by atoms with Crippen molar-refractivity contribution < 1.29 is 9.90 Å². The molecule has 3 aliphatic carbocycles. The smallest absolute Gasteiger partial charge is 0.137 e. The first-order valence-electron chi connectivity index (χ1n) is 8.56. The summed E-state index contributed by atoms with van der Waals surface area (Å²) in [5.41, 5.74) is -0.260. The molecule has 4 unspecified atom stereocenters. The third kappa shape index (κ3) is 1.72. The molecule has 2 nitrogen and oxygen atoms in total. The van der Waals surface area contributed by atoms with Gasteiger partial charge < -0.3 is 5.11 Å². The molecule has 2 bridgehead atoms. The Morgan fingerprint density at radius 1 is 1.29 bits per heavy atom. The third-order valence-corrected chi connectivity index (χ3v) is 7.85. The van der Waals surface area contributed by atoms with Crippen molar-refractivity contribution in [1.29, 1.82) is 0 Å². The zero-order valence-corrected chi connectivity index (χ0v) is 14.0. The van der Waals surface area contributed by atoms with Crippen molar-refractivity contribution in [2.75, 3.05) is 0 Å². The molecule has 0 aromatic heterocycles. The van der Waals surface area contributed by atoms with Gasteiger partial charge in [0.15, 0.2) is 0 Å². The van der Waals surface area contributed by atoms with Gasteiger partial charge in [0.05, 0.1) is 6.10 Å². The molecule has 0 spiro atoms. The first-order valence-corrected chi connectivity index (χ1v) is 8.56. The minimum atomic E-state index is -0.393. The number of rotatable bonds is 1. The quantitative estimate of drug-likeness (QED) is 0.742. The van der Waals surface area contributed by atoms with Crippen molar-refractivity contribution in [1.82, 2.24) is 0 Å². The molecule has 1 N–H and O–H groups in total. The van der Waals surface area contributed by atoms with Gasteiger partial charge in [0.2, 0.25) is 0 Å². The highest BCUT2D eigenvalue weighted by Crippen LogP contribution is 2.69. The van der Waals surface area contributed by atoms with E-state index in [1.54, 1.807) is 0 Å². The maximum Gasteiger partial charge on any atom is 0.137 e. The zero-order chi connectivity index (χ0) is 15.6. The highest BCUT2D eigenvalue weighted by Gasteiger charge is 2.66. The summed E-state index contributed by atoms with van der Waals surface area (Å²) < 4.78 is 0. The maximum absolute atomic E-state index is 12.8. The predicted octanol–water partition coefficient (Wildman–Crippen LogP) is 3.98. The summed E-state index contributed by atoms with van der Waals surface area (Å²) in [6.07, 6.45) is 6.42. The molecule has 21 heavy (non-hydrogen) atoms. The first kappa shape index (κ1) is 15.3. The second-order valence-electron chi connectivity index (χ2n) is 8.70. The molecule has 0 radical (unpaired) electrons. The van der Waals surface area contributed by atoms with E-state index in [1.807, 2.05) is 6.08 Å². The summed E-state index contributed by atoms with van der Waals surface area (Å²) in [4.78, 5) is 12.8. The van der Waals surface area contributed by atoms with Crippen molar-refractivity contribution in [3.05, 3.63) is 12.7 Å². The number of carbonyl (C=O) groups is 1. The van der Waals surface area contributed by atoms with Gasteiger partial charge >= 0.3 is 0 Å². The van der Waals surface area contributed by atoms with Crippen LogP contribution in [0, 0.1) is 34.0 Å². The number of aliphatic hydroxyl groups is 1. The van der Waals surface area contributed by atoms with Crippen LogP contribution in [0.4, 0.5) is 0 Å². The van der Waals surface area contributed by atoms with Gasteiger partial charge in [-0.2, -0.15) is 0 Å². The molecular formula is C19H30O2. The monoisotopic (exact) mass is 290 g/mol. The van der Waals surface area contributed by atoms with E-state index in [1.165, 1.54) is 6.42 Å². The van der Waals surface area contributed by atoms with Crippen LogP contribution in [0.2, 0.25) is 0 Å². The summed E-state index contributed by atoms with van der Waals surface area (Å²) in [5.74, 6) is 1.30. The molecule has 2 heteroatoms. The topological polar surface area (TPSA) is 37.3 Å². The SMILES string of the molecule is C=C[C@]1(C)C[C@]2(C)C(C)CCC3(CCC(=O)C32)[C@@H](C)C1O. The van der Waals surface area contributed by atoms with Crippen molar-refractivity contribution in [2.24, 2.45) is 34.0 Å². The van der Waals surface area contributed by atoms with Gasteiger partial charge in [-0.3, -0.25) is 4.79 Å². The number of Topliss-reactive ketones (excluding diaryl/α,β-unsaturated/α-hetero) is 1. The van der Waals surface area contributed by atoms with Crippen LogP contribution in [-0.2, 0) is 4.79 Å². The van der Waals surface area contributed by atoms with Crippen LogP contribution in [0.25, 0.3) is 0 Å². The van der Waals surface area contributed by atoms with Gasteiger partial charge in [-0.15, -0.1) is 6.58 Å².